The Bertz CT molecular complexity index is 137. The van der Waals surface area contributed by atoms with Gasteiger partial charge in [0.25, 0.3) is 0 Å². The van der Waals surface area contributed by atoms with Crippen molar-refractivity contribution in [2.75, 3.05) is 13.1 Å². The van der Waals surface area contributed by atoms with Crippen molar-refractivity contribution in [1.82, 2.24) is 4.90 Å². The van der Waals surface area contributed by atoms with Crippen LogP contribution in [0.3, 0.4) is 0 Å². The smallest absolute Gasteiger partial charge is 0.00385 e. The fourth-order valence-electron chi connectivity index (χ4n) is 2.19. The first-order valence-corrected chi connectivity index (χ1v) is 5.96. The highest BCUT2D eigenvalue weighted by atomic mass is 15.2. The van der Waals surface area contributed by atoms with Gasteiger partial charge in [0.15, 0.2) is 0 Å². The average Bonchev–Trinajstić information content (AvgIpc) is 2.89. The summed E-state index contributed by atoms with van der Waals surface area (Å²) in [4.78, 5) is 2.61. The van der Waals surface area contributed by atoms with Crippen LogP contribution in [0.2, 0.25) is 0 Å². The van der Waals surface area contributed by atoms with E-state index < -0.39 is 0 Å². The number of rotatable bonds is 1. The number of likely N-dealkylation sites (tertiary alicyclic amines) is 1. The number of nitrogens with zero attached hydrogens (tertiary/aromatic N) is 1. The maximum atomic E-state index is 2.61. The lowest BCUT2D eigenvalue weighted by Crippen LogP contribution is -2.38. The molecule has 0 atom stereocenters. The predicted molar refractivity (Wildman–Crippen MR) is 59.0 cm³/mol. The van der Waals surface area contributed by atoms with Gasteiger partial charge in [-0.2, -0.15) is 0 Å². The molecule has 2 aliphatic rings. The third-order valence-electron chi connectivity index (χ3n) is 3.55. The number of piperidine rings is 1. The minimum absolute atomic E-state index is 0.770. The topological polar surface area (TPSA) is 3.24 Å². The fraction of sp³-hybridized carbons (Fsp3) is 1.00. The second kappa shape index (κ2) is 4.45. The van der Waals surface area contributed by atoms with Gasteiger partial charge in [-0.05, 0) is 58.0 Å². The lowest BCUT2D eigenvalue weighted by atomic mass is 9.93. The molecule has 0 amide bonds. The fourth-order valence-corrected chi connectivity index (χ4v) is 2.19. The van der Waals surface area contributed by atoms with Crippen LogP contribution in [0, 0.1) is 5.41 Å². The maximum absolute atomic E-state index is 2.61. The van der Waals surface area contributed by atoms with Crippen LogP contribution in [0.25, 0.3) is 0 Å². The Balaban J connectivity index is 0.000000396. The molecule has 0 aromatic carbocycles. The Morgan fingerprint density at radius 2 is 1.38 bits per heavy atom. The highest BCUT2D eigenvalue weighted by Gasteiger charge is 2.44. The molecule has 1 spiro atoms. The molecule has 0 aromatic rings. The van der Waals surface area contributed by atoms with Crippen LogP contribution in [0.1, 0.15) is 53.4 Å². The maximum Gasteiger partial charge on any atom is 0.00385 e. The molecule has 1 nitrogen and oxygen atoms in total. The van der Waals surface area contributed by atoms with Gasteiger partial charge in [0, 0.05) is 6.04 Å². The molecule has 78 valence electrons. The van der Waals surface area contributed by atoms with Gasteiger partial charge in [0.2, 0.25) is 0 Å². The quantitative estimate of drug-likeness (QED) is 0.603. The van der Waals surface area contributed by atoms with E-state index in [9.17, 15) is 0 Å². The molecule has 0 unspecified atom stereocenters. The van der Waals surface area contributed by atoms with E-state index in [0.29, 0.717) is 0 Å². The van der Waals surface area contributed by atoms with Crippen LogP contribution in [0.15, 0.2) is 0 Å². The van der Waals surface area contributed by atoms with Gasteiger partial charge in [-0.1, -0.05) is 13.8 Å². The largest absolute Gasteiger partial charge is 0.301 e. The van der Waals surface area contributed by atoms with Gasteiger partial charge >= 0.3 is 0 Å². The zero-order chi connectivity index (χ0) is 9.90. The lowest BCUT2D eigenvalue weighted by molar-refractivity contribution is 0.140. The minimum atomic E-state index is 0.770. The second-order valence-corrected chi connectivity index (χ2v) is 4.63. The van der Waals surface area contributed by atoms with Gasteiger partial charge in [-0.3, -0.25) is 0 Å². The first kappa shape index (κ1) is 11.0. The molecule has 2 fully saturated rings. The third-order valence-corrected chi connectivity index (χ3v) is 3.55. The lowest BCUT2D eigenvalue weighted by Gasteiger charge is -2.34. The standard InChI is InChI=1S/C10H19N.C2H6/c1-9(2)11-7-5-10(3-4-10)6-8-11;1-2/h9H,3-8H2,1-2H3;1-2H3. The molecule has 1 saturated heterocycles. The Hall–Kier alpha value is -0.0400. The van der Waals surface area contributed by atoms with Gasteiger partial charge < -0.3 is 4.90 Å². The second-order valence-electron chi connectivity index (χ2n) is 4.63. The van der Waals surface area contributed by atoms with E-state index in [4.69, 9.17) is 0 Å². The summed E-state index contributed by atoms with van der Waals surface area (Å²) in [7, 11) is 0. The highest BCUT2D eigenvalue weighted by molar-refractivity contribution is 4.97. The summed E-state index contributed by atoms with van der Waals surface area (Å²) >= 11 is 0. The molecule has 13 heavy (non-hydrogen) atoms. The first-order valence-electron chi connectivity index (χ1n) is 5.96. The van der Waals surface area contributed by atoms with Crippen molar-refractivity contribution in [1.29, 1.82) is 0 Å². The van der Waals surface area contributed by atoms with E-state index in [1.165, 1.54) is 38.8 Å². The summed E-state index contributed by atoms with van der Waals surface area (Å²) in [6.07, 6.45) is 6.01. The van der Waals surface area contributed by atoms with Crippen molar-refractivity contribution >= 4 is 0 Å². The zero-order valence-electron chi connectivity index (χ0n) is 9.77. The number of hydrogen-bond donors (Lipinski definition) is 0. The van der Waals surface area contributed by atoms with Crippen molar-refractivity contribution in [3.8, 4) is 0 Å². The van der Waals surface area contributed by atoms with E-state index >= 15 is 0 Å². The highest BCUT2D eigenvalue weighted by Crippen LogP contribution is 2.53. The normalized spacial score (nSPS) is 25.6. The molecular weight excluding hydrogens is 158 g/mol. The van der Waals surface area contributed by atoms with Crippen LogP contribution >= 0.6 is 0 Å². The van der Waals surface area contributed by atoms with Crippen molar-refractivity contribution in [3.05, 3.63) is 0 Å². The summed E-state index contributed by atoms with van der Waals surface area (Å²) in [6.45, 7) is 11.3. The summed E-state index contributed by atoms with van der Waals surface area (Å²) in [5, 5.41) is 0. The Kier molecular flexibility index (Phi) is 3.78. The van der Waals surface area contributed by atoms with E-state index in [2.05, 4.69) is 18.7 Å². The van der Waals surface area contributed by atoms with Gasteiger partial charge in [-0.25, -0.2) is 0 Å². The van der Waals surface area contributed by atoms with Crippen molar-refractivity contribution < 1.29 is 0 Å². The molecule has 1 aliphatic heterocycles. The Morgan fingerprint density at radius 1 is 0.923 bits per heavy atom. The van der Waals surface area contributed by atoms with Crippen molar-refractivity contribution in [2.45, 2.75) is 59.4 Å². The molecule has 2 rings (SSSR count). The summed E-state index contributed by atoms with van der Waals surface area (Å²) in [5.74, 6) is 0. The summed E-state index contributed by atoms with van der Waals surface area (Å²) < 4.78 is 0. The van der Waals surface area contributed by atoms with Gasteiger partial charge in [0.1, 0.15) is 0 Å². The number of hydrogen-bond acceptors (Lipinski definition) is 1. The van der Waals surface area contributed by atoms with Gasteiger partial charge in [0.05, 0.1) is 0 Å². The molecule has 0 aromatic heterocycles. The zero-order valence-corrected chi connectivity index (χ0v) is 9.77. The van der Waals surface area contributed by atoms with Crippen molar-refractivity contribution in [3.63, 3.8) is 0 Å². The molecule has 1 heterocycles. The Morgan fingerprint density at radius 3 is 1.69 bits per heavy atom. The van der Waals surface area contributed by atoms with Crippen LogP contribution in [0.4, 0.5) is 0 Å². The minimum Gasteiger partial charge on any atom is -0.301 e. The third kappa shape index (κ3) is 2.70. The molecular formula is C12H25N. The van der Waals surface area contributed by atoms with E-state index in [1.807, 2.05) is 13.8 Å². The van der Waals surface area contributed by atoms with E-state index in [0.717, 1.165) is 11.5 Å². The van der Waals surface area contributed by atoms with Crippen LogP contribution in [-0.2, 0) is 0 Å². The SMILES string of the molecule is CC.CC(C)N1CCC2(CC1)CC2. The molecule has 0 N–H and O–H groups in total. The molecule has 1 saturated carbocycles. The average molecular weight is 183 g/mol. The summed E-state index contributed by atoms with van der Waals surface area (Å²) in [5.41, 5.74) is 0.853. The molecule has 0 bridgehead atoms. The molecule has 1 aliphatic carbocycles. The molecule has 1 heteroatoms. The van der Waals surface area contributed by atoms with Gasteiger partial charge in [-0.15, -0.1) is 0 Å². The monoisotopic (exact) mass is 183 g/mol. The first-order chi connectivity index (χ1) is 6.22. The van der Waals surface area contributed by atoms with E-state index in [-0.39, 0.29) is 0 Å². The van der Waals surface area contributed by atoms with Crippen LogP contribution < -0.4 is 0 Å². The van der Waals surface area contributed by atoms with Crippen molar-refractivity contribution in [2.24, 2.45) is 5.41 Å². The van der Waals surface area contributed by atoms with E-state index in [1.54, 1.807) is 0 Å². The van der Waals surface area contributed by atoms with Crippen LogP contribution in [0.5, 0.6) is 0 Å². The summed E-state index contributed by atoms with van der Waals surface area (Å²) in [6, 6.07) is 0.770. The molecule has 0 radical (unpaired) electrons. The predicted octanol–water partition coefficient (Wildman–Crippen LogP) is 3.30. The Labute approximate surface area is 83.5 Å². The van der Waals surface area contributed by atoms with Crippen LogP contribution in [-0.4, -0.2) is 24.0 Å².